The van der Waals surface area contributed by atoms with Crippen LogP contribution in [0.25, 0.3) is 0 Å². The molecule has 1 fully saturated rings. The first-order chi connectivity index (χ1) is 7.81. The summed E-state index contributed by atoms with van der Waals surface area (Å²) in [6.07, 6.45) is 4.43. The van der Waals surface area contributed by atoms with Crippen LogP contribution in [0, 0.1) is 0 Å². The Bertz CT molecular complexity index is 404. The lowest BCUT2D eigenvalue weighted by Gasteiger charge is -2.15. The summed E-state index contributed by atoms with van der Waals surface area (Å²) < 4.78 is 10.2. The fraction of sp³-hybridized carbons (Fsp3) is 0.333. The molecule has 4 nitrogen and oxygen atoms in total. The summed E-state index contributed by atoms with van der Waals surface area (Å²) in [5.41, 5.74) is 2.59. The molecule has 84 valence electrons. The van der Waals surface area contributed by atoms with Gasteiger partial charge in [0.15, 0.2) is 0 Å². The second kappa shape index (κ2) is 4.73. The molecule has 1 saturated heterocycles. The predicted octanol–water partition coefficient (Wildman–Crippen LogP) is 2.33. The van der Waals surface area contributed by atoms with Gasteiger partial charge in [0.1, 0.15) is 12.4 Å². The number of cyclic esters (lactones) is 1. The van der Waals surface area contributed by atoms with Crippen molar-refractivity contribution in [3.05, 3.63) is 42.7 Å². The molecule has 2 heterocycles. The lowest BCUT2D eigenvalue weighted by molar-refractivity contribution is 0.166. The molecule has 0 spiro atoms. The summed E-state index contributed by atoms with van der Waals surface area (Å²) in [5, 5.41) is 0. The van der Waals surface area contributed by atoms with E-state index < -0.39 is 0 Å². The third-order valence-electron chi connectivity index (χ3n) is 2.54. The van der Waals surface area contributed by atoms with Crippen molar-refractivity contribution in [1.82, 2.24) is 4.90 Å². The summed E-state index contributed by atoms with van der Waals surface area (Å²) in [7, 11) is 0. The van der Waals surface area contributed by atoms with E-state index in [4.69, 9.17) is 9.15 Å². The molecule has 16 heavy (non-hydrogen) atoms. The Morgan fingerprint density at radius 3 is 3.25 bits per heavy atom. The van der Waals surface area contributed by atoms with E-state index in [0.717, 1.165) is 18.6 Å². The molecule has 1 atom stereocenters. The van der Waals surface area contributed by atoms with Gasteiger partial charge in [0.25, 0.3) is 0 Å². The summed E-state index contributed by atoms with van der Waals surface area (Å²) in [5.74, 6) is 0.918. The highest BCUT2D eigenvalue weighted by atomic mass is 16.6. The van der Waals surface area contributed by atoms with Gasteiger partial charge in [-0.25, -0.2) is 4.79 Å². The number of hydrogen-bond acceptors (Lipinski definition) is 3. The van der Waals surface area contributed by atoms with Crippen molar-refractivity contribution in [1.29, 1.82) is 0 Å². The molecule has 0 unspecified atom stereocenters. The molecule has 0 aromatic carbocycles. The molecule has 1 amide bonds. The summed E-state index contributed by atoms with van der Waals surface area (Å²) in [6.45, 7) is 3.87. The third-order valence-corrected chi connectivity index (χ3v) is 2.54. The normalized spacial score (nSPS) is 19.4. The van der Waals surface area contributed by atoms with Gasteiger partial charge in [-0.2, -0.15) is 0 Å². The summed E-state index contributed by atoms with van der Waals surface area (Å²) in [4.78, 5) is 12.8. The van der Waals surface area contributed by atoms with Gasteiger partial charge in [-0.1, -0.05) is 6.58 Å². The minimum atomic E-state index is -0.333. The Morgan fingerprint density at radius 2 is 2.56 bits per heavy atom. The quantitative estimate of drug-likeness (QED) is 0.730. The number of hydrogen-bond donors (Lipinski definition) is 0. The van der Waals surface area contributed by atoms with Gasteiger partial charge in [0.05, 0.1) is 18.5 Å². The molecule has 0 N–H and O–H groups in total. The van der Waals surface area contributed by atoms with Crippen LogP contribution in [-0.4, -0.2) is 23.6 Å². The summed E-state index contributed by atoms with van der Waals surface area (Å²) in [6, 6.07) is 3.82. The van der Waals surface area contributed by atoms with Crippen molar-refractivity contribution in [2.45, 2.75) is 18.9 Å². The summed E-state index contributed by atoms with van der Waals surface area (Å²) >= 11 is 0. The predicted molar refractivity (Wildman–Crippen MR) is 57.7 cm³/mol. The molecule has 0 saturated carbocycles. The van der Waals surface area contributed by atoms with Gasteiger partial charge in [-0.3, -0.25) is 4.90 Å². The number of aryl methyl sites for hydroxylation is 1. The lowest BCUT2D eigenvalue weighted by atomic mass is 10.1. The van der Waals surface area contributed by atoms with Crippen molar-refractivity contribution in [2.24, 2.45) is 0 Å². The zero-order valence-corrected chi connectivity index (χ0v) is 8.89. The number of nitrogens with zero attached hydrogens (tertiary/aromatic N) is 1. The van der Waals surface area contributed by atoms with Crippen LogP contribution in [0.5, 0.6) is 0 Å². The SMILES string of the molecule is C=C=CN1C(=O)OC[C@H]1CCc1ccco1. The molecule has 0 bridgehead atoms. The average Bonchev–Trinajstić information content (AvgIpc) is 2.89. The molecule has 1 aromatic heterocycles. The largest absolute Gasteiger partial charge is 0.469 e. The maximum absolute atomic E-state index is 11.3. The maximum Gasteiger partial charge on any atom is 0.414 e. The van der Waals surface area contributed by atoms with Crippen molar-refractivity contribution in [3.63, 3.8) is 0 Å². The molecular formula is C12H13NO3. The van der Waals surface area contributed by atoms with Gasteiger partial charge in [0.2, 0.25) is 0 Å². The first-order valence-electron chi connectivity index (χ1n) is 5.14. The highest BCUT2D eigenvalue weighted by molar-refractivity contribution is 5.71. The van der Waals surface area contributed by atoms with E-state index in [1.807, 2.05) is 12.1 Å². The van der Waals surface area contributed by atoms with Crippen molar-refractivity contribution in [3.8, 4) is 0 Å². The van der Waals surface area contributed by atoms with Gasteiger partial charge in [-0.15, -0.1) is 5.73 Å². The van der Waals surface area contributed by atoms with Crippen LogP contribution in [0.1, 0.15) is 12.2 Å². The van der Waals surface area contributed by atoms with Crippen LogP contribution in [-0.2, 0) is 11.2 Å². The third kappa shape index (κ3) is 2.18. The van der Waals surface area contributed by atoms with Crippen LogP contribution in [0.2, 0.25) is 0 Å². The average molecular weight is 219 g/mol. The molecular weight excluding hydrogens is 206 g/mol. The Balaban J connectivity index is 1.94. The van der Waals surface area contributed by atoms with E-state index in [-0.39, 0.29) is 12.1 Å². The van der Waals surface area contributed by atoms with E-state index in [9.17, 15) is 4.79 Å². The zero-order chi connectivity index (χ0) is 11.4. The fourth-order valence-corrected chi connectivity index (χ4v) is 1.71. The molecule has 1 aromatic rings. The minimum absolute atomic E-state index is 0.0480. The first kappa shape index (κ1) is 10.6. The number of ether oxygens (including phenoxy) is 1. The smallest absolute Gasteiger partial charge is 0.414 e. The van der Waals surface area contributed by atoms with Crippen molar-refractivity contribution in [2.75, 3.05) is 6.61 Å². The van der Waals surface area contributed by atoms with Gasteiger partial charge in [-0.05, 0) is 18.6 Å². The topological polar surface area (TPSA) is 42.7 Å². The fourth-order valence-electron chi connectivity index (χ4n) is 1.71. The second-order valence-electron chi connectivity index (χ2n) is 3.59. The van der Waals surface area contributed by atoms with Gasteiger partial charge >= 0.3 is 6.09 Å². The number of furan rings is 1. The lowest BCUT2D eigenvalue weighted by Crippen LogP contribution is -2.28. The molecule has 0 radical (unpaired) electrons. The standard InChI is InChI=1S/C12H13NO3/c1-2-7-13-10(9-16-12(13)14)5-6-11-4-3-8-15-11/h3-4,7-8,10H,1,5-6,9H2/t10-/m1/s1. The number of amides is 1. The Hall–Kier alpha value is -1.93. The van der Waals surface area contributed by atoms with Gasteiger partial charge in [0, 0.05) is 6.42 Å². The minimum Gasteiger partial charge on any atom is -0.469 e. The van der Waals surface area contributed by atoms with Crippen LogP contribution < -0.4 is 0 Å². The highest BCUT2D eigenvalue weighted by Crippen LogP contribution is 2.18. The monoisotopic (exact) mass is 219 g/mol. The Morgan fingerprint density at radius 1 is 1.69 bits per heavy atom. The van der Waals surface area contributed by atoms with Crippen LogP contribution in [0.3, 0.4) is 0 Å². The molecule has 0 aliphatic carbocycles. The van der Waals surface area contributed by atoms with E-state index >= 15 is 0 Å². The van der Waals surface area contributed by atoms with E-state index in [1.54, 1.807) is 6.26 Å². The van der Waals surface area contributed by atoms with Crippen LogP contribution in [0.4, 0.5) is 4.79 Å². The van der Waals surface area contributed by atoms with Crippen LogP contribution in [0.15, 0.2) is 41.3 Å². The van der Waals surface area contributed by atoms with Gasteiger partial charge < -0.3 is 9.15 Å². The first-order valence-corrected chi connectivity index (χ1v) is 5.14. The Kier molecular flexibility index (Phi) is 3.13. The number of carbonyl (C=O) groups excluding carboxylic acids is 1. The van der Waals surface area contributed by atoms with E-state index in [1.165, 1.54) is 11.1 Å². The molecule has 4 heteroatoms. The van der Waals surface area contributed by atoms with Crippen LogP contribution >= 0.6 is 0 Å². The molecule has 1 aliphatic heterocycles. The maximum atomic E-state index is 11.3. The van der Waals surface area contributed by atoms with Crippen molar-refractivity contribution < 1.29 is 13.9 Å². The van der Waals surface area contributed by atoms with E-state index in [0.29, 0.717) is 6.61 Å². The Labute approximate surface area is 93.8 Å². The second-order valence-corrected chi connectivity index (χ2v) is 3.59. The zero-order valence-electron chi connectivity index (χ0n) is 8.89. The number of carbonyl (C=O) groups is 1. The van der Waals surface area contributed by atoms with Crippen molar-refractivity contribution >= 4 is 6.09 Å². The highest BCUT2D eigenvalue weighted by Gasteiger charge is 2.30. The van der Waals surface area contributed by atoms with E-state index in [2.05, 4.69) is 12.3 Å². The number of rotatable bonds is 4. The molecule has 1 aliphatic rings. The molecule has 2 rings (SSSR count).